The van der Waals surface area contributed by atoms with Crippen LogP contribution in [0, 0.1) is 5.92 Å². The first-order valence-electron chi connectivity index (χ1n) is 7.75. The molecule has 0 radical (unpaired) electrons. The molecule has 3 atom stereocenters. The van der Waals surface area contributed by atoms with Crippen LogP contribution < -0.4 is 10.6 Å². The Kier molecular flexibility index (Phi) is 11.0. The van der Waals surface area contributed by atoms with Crippen molar-refractivity contribution in [2.75, 3.05) is 32.0 Å². The van der Waals surface area contributed by atoms with E-state index in [0.717, 1.165) is 25.3 Å². The van der Waals surface area contributed by atoms with E-state index in [9.17, 15) is 4.79 Å². The van der Waals surface area contributed by atoms with E-state index in [2.05, 4.69) is 34.4 Å². The molecule has 6 nitrogen and oxygen atoms in total. The largest absolute Gasteiger partial charge is 0.373 e. The van der Waals surface area contributed by atoms with Gasteiger partial charge in [-0.1, -0.05) is 6.92 Å². The molecule has 9 heteroatoms. The van der Waals surface area contributed by atoms with Crippen molar-refractivity contribution in [1.29, 1.82) is 0 Å². The third-order valence-corrected chi connectivity index (χ3v) is 4.43. The Bertz CT molecular complexity index is 494. The molecular formula is C15H28Cl2N4O2S. The molecule has 3 unspecified atom stereocenters. The number of hydrogen-bond donors (Lipinski definition) is 2. The van der Waals surface area contributed by atoms with Crippen LogP contribution in [0.5, 0.6) is 0 Å². The van der Waals surface area contributed by atoms with Gasteiger partial charge in [-0.25, -0.2) is 4.98 Å². The fourth-order valence-electron chi connectivity index (χ4n) is 2.71. The molecule has 1 aromatic heterocycles. The molecule has 1 aliphatic heterocycles. The number of ether oxygens (including phenoxy) is 1. The average molecular weight is 399 g/mol. The van der Waals surface area contributed by atoms with Crippen molar-refractivity contribution < 1.29 is 9.53 Å². The Morgan fingerprint density at radius 3 is 2.62 bits per heavy atom. The molecule has 0 spiro atoms. The van der Waals surface area contributed by atoms with Gasteiger partial charge in [0.05, 0.1) is 17.9 Å². The maximum Gasteiger partial charge on any atom is 0.230 e. The number of rotatable bonds is 6. The summed E-state index contributed by atoms with van der Waals surface area (Å²) in [5.74, 6) is -0.0674. The summed E-state index contributed by atoms with van der Waals surface area (Å²) in [4.78, 5) is 18.8. The highest BCUT2D eigenvalue weighted by molar-refractivity contribution is 7.13. The number of aromatic nitrogens is 1. The molecule has 1 amide bonds. The molecule has 1 fully saturated rings. The molecule has 0 aromatic carbocycles. The number of nitrogens with zero attached hydrogens (tertiary/aromatic N) is 2. The second-order valence-corrected chi connectivity index (χ2v) is 6.90. The minimum Gasteiger partial charge on any atom is -0.373 e. The number of carbonyl (C=O) groups excluding carboxylic acids is 1. The number of nitrogens with one attached hydrogen (secondary N) is 2. The number of carbonyl (C=O) groups is 1. The lowest BCUT2D eigenvalue weighted by Gasteiger charge is -2.34. The normalized spacial score (nSPS) is 22.2. The highest BCUT2D eigenvalue weighted by Crippen LogP contribution is 2.19. The van der Waals surface area contributed by atoms with Crippen LogP contribution in [0.1, 0.15) is 26.5 Å². The fourth-order valence-corrected chi connectivity index (χ4v) is 3.41. The predicted octanol–water partition coefficient (Wildman–Crippen LogP) is 2.39. The molecule has 0 bridgehead atoms. The summed E-state index contributed by atoms with van der Waals surface area (Å²) in [6, 6.07) is 0. The van der Waals surface area contributed by atoms with Crippen LogP contribution in [0.2, 0.25) is 0 Å². The molecular weight excluding hydrogens is 371 g/mol. The molecule has 1 aliphatic rings. The van der Waals surface area contributed by atoms with Gasteiger partial charge in [0.15, 0.2) is 5.13 Å². The van der Waals surface area contributed by atoms with Crippen LogP contribution in [-0.2, 0) is 16.1 Å². The zero-order valence-corrected chi connectivity index (χ0v) is 17.0. The lowest BCUT2D eigenvalue weighted by atomic mass is 10.2. The summed E-state index contributed by atoms with van der Waals surface area (Å²) in [7, 11) is 1.84. The summed E-state index contributed by atoms with van der Waals surface area (Å²) in [6.45, 7) is 9.39. The number of amides is 1. The van der Waals surface area contributed by atoms with E-state index in [-0.39, 0.29) is 48.8 Å². The smallest absolute Gasteiger partial charge is 0.230 e. The van der Waals surface area contributed by atoms with E-state index in [0.29, 0.717) is 11.7 Å². The number of hydrogen-bond acceptors (Lipinski definition) is 6. The highest BCUT2D eigenvalue weighted by Gasteiger charge is 2.23. The van der Waals surface area contributed by atoms with E-state index in [1.54, 1.807) is 0 Å². The van der Waals surface area contributed by atoms with Crippen LogP contribution in [0.15, 0.2) is 5.38 Å². The zero-order chi connectivity index (χ0) is 16.1. The second-order valence-electron chi connectivity index (χ2n) is 6.04. The molecule has 24 heavy (non-hydrogen) atoms. The van der Waals surface area contributed by atoms with Gasteiger partial charge in [-0.15, -0.1) is 36.2 Å². The molecule has 2 heterocycles. The van der Waals surface area contributed by atoms with Gasteiger partial charge in [0.25, 0.3) is 0 Å². The van der Waals surface area contributed by atoms with Gasteiger partial charge in [-0.2, -0.15) is 0 Å². The molecule has 2 rings (SSSR count). The van der Waals surface area contributed by atoms with Crippen LogP contribution in [-0.4, -0.2) is 54.7 Å². The van der Waals surface area contributed by atoms with E-state index in [1.807, 2.05) is 19.4 Å². The second kappa shape index (κ2) is 11.2. The van der Waals surface area contributed by atoms with Crippen molar-refractivity contribution in [2.24, 2.45) is 5.92 Å². The Balaban J connectivity index is 0.00000264. The van der Waals surface area contributed by atoms with Crippen molar-refractivity contribution in [2.45, 2.75) is 39.5 Å². The standard InChI is InChI=1S/C15H26N4O2S.2ClH/c1-10(5-16-4)14(20)18-15-17-13(9-22-15)8-19-6-11(2)21-12(3)7-19;;/h9-12,16H,5-8H2,1-4H3,(H,17,18,20);2*1H. The van der Waals surface area contributed by atoms with E-state index < -0.39 is 0 Å². The molecule has 140 valence electrons. The average Bonchev–Trinajstić information content (AvgIpc) is 2.84. The van der Waals surface area contributed by atoms with Crippen molar-refractivity contribution in [3.05, 3.63) is 11.1 Å². The van der Waals surface area contributed by atoms with Crippen LogP contribution in [0.4, 0.5) is 5.13 Å². The Labute approximate surface area is 160 Å². The third-order valence-electron chi connectivity index (χ3n) is 3.62. The van der Waals surface area contributed by atoms with Gasteiger partial charge in [-0.3, -0.25) is 9.69 Å². The van der Waals surface area contributed by atoms with Crippen LogP contribution >= 0.6 is 36.2 Å². The molecule has 0 saturated carbocycles. The summed E-state index contributed by atoms with van der Waals surface area (Å²) in [5, 5.41) is 8.59. The van der Waals surface area contributed by atoms with Gasteiger partial charge in [0.1, 0.15) is 0 Å². The lowest BCUT2D eigenvalue weighted by Crippen LogP contribution is -2.44. The van der Waals surface area contributed by atoms with Crippen molar-refractivity contribution in [3.8, 4) is 0 Å². The van der Waals surface area contributed by atoms with Gasteiger partial charge in [-0.05, 0) is 20.9 Å². The summed E-state index contributed by atoms with van der Waals surface area (Å²) in [6.07, 6.45) is 0.507. The minimum absolute atomic E-state index is 0. The number of halogens is 2. The third kappa shape index (κ3) is 7.21. The Morgan fingerprint density at radius 2 is 2.04 bits per heavy atom. The monoisotopic (exact) mass is 398 g/mol. The molecule has 2 N–H and O–H groups in total. The number of morpholine rings is 1. The SMILES string of the molecule is CNCC(C)C(=O)Nc1nc(CN2CC(C)OC(C)C2)cs1.Cl.Cl. The zero-order valence-electron chi connectivity index (χ0n) is 14.6. The summed E-state index contributed by atoms with van der Waals surface area (Å²) >= 11 is 1.48. The lowest BCUT2D eigenvalue weighted by molar-refractivity contribution is -0.119. The van der Waals surface area contributed by atoms with E-state index >= 15 is 0 Å². The molecule has 0 aliphatic carbocycles. The van der Waals surface area contributed by atoms with E-state index in [4.69, 9.17) is 4.74 Å². The first-order valence-corrected chi connectivity index (χ1v) is 8.63. The Hall–Kier alpha value is -0.440. The van der Waals surface area contributed by atoms with Gasteiger partial charge in [0.2, 0.25) is 5.91 Å². The van der Waals surface area contributed by atoms with Gasteiger partial charge >= 0.3 is 0 Å². The van der Waals surface area contributed by atoms with Crippen molar-refractivity contribution in [3.63, 3.8) is 0 Å². The topological polar surface area (TPSA) is 66.5 Å². The predicted molar refractivity (Wildman–Crippen MR) is 104 cm³/mol. The van der Waals surface area contributed by atoms with Crippen LogP contribution in [0.25, 0.3) is 0 Å². The summed E-state index contributed by atoms with van der Waals surface area (Å²) < 4.78 is 5.74. The fraction of sp³-hybridized carbons (Fsp3) is 0.733. The minimum atomic E-state index is -0.0710. The molecule has 1 aromatic rings. The number of thiazole rings is 1. The highest BCUT2D eigenvalue weighted by atomic mass is 35.5. The first-order chi connectivity index (χ1) is 10.5. The van der Waals surface area contributed by atoms with E-state index in [1.165, 1.54) is 11.3 Å². The summed E-state index contributed by atoms with van der Waals surface area (Å²) in [5.41, 5.74) is 1.00. The quantitative estimate of drug-likeness (QED) is 0.769. The van der Waals surface area contributed by atoms with Gasteiger partial charge < -0.3 is 15.4 Å². The first kappa shape index (κ1) is 23.6. The molecule has 1 saturated heterocycles. The maximum absolute atomic E-state index is 12.0. The van der Waals surface area contributed by atoms with Gasteiger partial charge in [0, 0.05) is 37.5 Å². The maximum atomic E-state index is 12.0. The number of anilines is 1. The Morgan fingerprint density at radius 1 is 1.42 bits per heavy atom. The van der Waals surface area contributed by atoms with Crippen molar-refractivity contribution >= 4 is 47.2 Å². The van der Waals surface area contributed by atoms with Crippen molar-refractivity contribution in [1.82, 2.24) is 15.2 Å². The van der Waals surface area contributed by atoms with Crippen LogP contribution in [0.3, 0.4) is 0 Å².